The Morgan fingerprint density at radius 1 is 1.43 bits per heavy atom. The van der Waals surface area contributed by atoms with E-state index in [2.05, 4.69) is 34.4 Å². The van der Waals surface area contributed by atoms with Gasteiger partial charge >= 0.3 is 0 Å². The first kappa shape index (κ1) is 15.6. The van der Waals surface area contributed by atoms with Gasteiger partial charge in [0.25, 0.3) is 0 Å². The molecule has 2 aromatic heterocycles. The topological polar surface area (TPSA) is 76.8 Å². The number of thiazole rings is 1. The van der Waals surface area contributed by atoms with Gasteiger partial charge in [-0.3, -0.25) is 4.79 Å². The monoisotopic (exact) mass is 308 g/mol. The molecule has 8 heteroatoms. The Morgan fingerprint density at radius 3 is 2.67 bits per heavy atom. The lowest BCUT2D eigenvalue weighted by atomic mass is 10.2. The van der Waals surface area contributed by atoms with Gasteiger partial charge in [0.15, 0.2) is 0 Å². The van der Waals surface area contributed by atoms with Crippen molar-refractivity contribution < 1.29 is 4.79 Å². The number of amides is 1. The molecule has 2 heterocycles. The summed E-state index contributed by atoms with van der Waals surface area (Å²) < 4.78 is 1.42. The van der Waals surface area contributed by atoms with Crippen LogP contribution in [0.4, 0.5) is 0 Å². The molecular formula is C13H20N6OS. The van der Waals surface area contributed by atoms with Crippen LogP contribution in [0.15, 0.2) is 6.33 Å². The Hall–Kier alpha value is -1.83. The third-order valence-electron chi connectivity index (χ3n) is 3.39. The highest BCUT2D eigenvalue weighted by Gasteiger charge is 2.23. The molecule has 0 unspecified atom stereocenters. The van der Waals surface area contributed by atoms with Gasteiger partial charge < -0.3 is 4.90 Å². The maximum absolute atomic E-state index is 12.3. The van der Waals surface area contributed by atoms with Gasteiger partial charge in [-0.1, -0.05) is 13.8 Å². The SMILES string of the molecule is Cc1nc(C(C)C)sc1[C@@H](C)N(C)C(=O)Cn1cnnn1. The number of hydrogen-bond acceptors (Lipinski definition) is 6. The first-order chi connectivity index (χ1) is 9.90. The van der Waals surface area contributed by atoms with Crippen molar-refractivity contribution in [3.05, 3.63) is 21.9 Å². The van der Waals surface area contributed by atoms with Crippen LogP contribution in [-0.2, 0) is 11.3 Å². The summed E-state index contributed by atoms with van der Waals surface area (Å²) in [4.78, 5) is 19.7. The molecule has 0 N–H and O–H groups in total. The third kappa shape index (κ3) is 3.44. The predicted molar refractivity (Wildman–Crippen MR) is 79.9 cm³/mol. The molecular weight excluding hydrogens is 288 g/mol. The van der Waals surface area contributed by atoms with Gasteiger partial charge in [0, 0.05) is 17.8 Å². The van der Waals surface area contributed by atoms with Crippen molar-refractivity contribution in [1.82, 2.24) is 30.1 Å². The zero-order valence-corrected chi connectivity index (χ0v) is 13.8. The second-order valence-corrected chi connectivity index (χ2v) is 6.41. The van der Waals surface area contributed by atoms with Gasteiger partial charge in [0.1, 0.15) is 12.9 Å². The normalized spacial score (nSPS) is 12.7. The number of hydrogen-bond donors (Lipinski definition) is 0. The minimum Gasteiger partial charge on any atom is -0.337 e. The number of carbonyl (C=O) groups is 1. The Labute approximate surface area is 128 Å². The summed E-state index contributed by atoms with van der Waals surface area (Å²) in [5.74, 6) is 0.366. The molecule has 1 amide bonds. The van der Waals surface area contributed by atoms with Crippen molar-refractivity contribution in [1.29, 1.82) is 0 Å². The number of aryl methyl sites for hydroxylation is 1. The first-order valence-corrected chi connectivity index (χ1v) is 7.65. The maximum atomic E-state index is 12.3. The Balaban J connectivity index is 2.11. The second kappa shape index (κ2) is 6.30. The van der Waals surface area contributed by atoms with E-state index < -0.39 is 0 Å². The largest absolute Gasteiger partial charge is 0.337 e. The number of nitrogens with zero attached hydrogens (tertiary/aromatic N) is 6. The van der Waals surface area contributed by atoms with Crippen LogP contribution in [0.2, 0.25) is 0 Å². The fourth-order valence-corrected chi connectivity index (χ4v) is 3.12. The fourth-order valence-electron chi connectivity index (χ4n) is 1.96. The molecule has 21 heavy (non-hydrogen) atoms. The van der Waals surface area contributed by atoms with Gasteiger partial charge in [-0.2, -0.15) is 0 Å². The predicted octanol–water partition coefficient (Wildman–Crippen LogP) is 1.78. The highest BCUT2D eigenvalue weighted by molar-refractivity contribution is 7.11. The minimum atomic E-state index is -0.0336. The Bertz CT molecular complexity index is 606. The molecule has 0 aromatic carbocycles. The molecule has 0 bridgehead atoms. The lowest BCUT2D eigenvalue weighted by molar-refractivity contribution is -0.132. The molecule has 0 spiro atoms. The average Bonchev–Trinajstić information content (AvgIpc) is 3.06. The van der Waals surface area contributed by atoms with E-state index in [4.69, 9.17) is 0 Å². The van der Waals surface area contributed by atoms with Crippen molar-refractivity contribution in [2.75, 3.05) is 7.05 Å². The summed E-state index contributed by atoms with van der Waals surface area (Å²) in [6.07, 6.45) is 1.44. The summed E-state index contributed by atoms with van der Waals surface area (Å²) in [6.45, 7) is 8.40. The van der Waals surface area contributed by atoms with Crippen LogP contribution in [0.25, 0.3) is 0 Å². The maximum Gasteiger partial charge on any atom is 0.244 e. The molecule has 0 aliphatic rings. The summed E-state index contributed by atoms with van der Waals surface area (Å²) in [5.41, 5.74) is 0.998. The number of rotatable bonds is 5. The van der Waals surface area contributed by atoms with Crippen LogP contribution in [-0.4, -0.2) is 43.0 Å². The number of tetrazole rings is 1. The van der Waals surface area contributed by atoms with Crippen LogP contribution >= 0.6 is 11.3 Å². The molecule has 0 radical (unpaired) electrons. The standard InChI is InChI=1S/C13H20N6OS/c1-8(2)13-15-9(3)12(21-13)10(4)18(5)11(20)6-19-7-14-16-17-19/h7-8,10H,6H2,1-5H3/t10-/m1/s1. The van der Waals surface area contributed by atoms with E-state index in [1.807, 2.05) is 13.8 Å². The van der Waals surface area contributed by atoms with Crippen LogP contribution in [0.3, 0.4) is 0 Å². The molecule has 0 saturated heterocycles. The molecule has 0 aliphatic carbocycles. The molecule has 114 valence electrons. The number of aromatic nitrogens is 5. The lowest BCUT2D eigenvalue weighted by Crippen LogP contribution is -2.32. The summed E-state index contributed by atoms with van der Waals surface area (Å²) in [6, 6.07) is -0.0148. The third-order valence-corrected chi connectivity index (χ3v) is 5.01. The van der Waals surface area contributed by atoms with E-state index in [9.17, 15) is 4.79 Å². The molecule has 0 saturated carbocycles. The van der Waals surface area contributed by atoms with Crippen LogP contribution < -0.4 is 0 Å². The van der Waals surface area contributed by atoms with E-state index in [0.29, 0.717) is 5.92 Å². The zero-order chi connectivity index (χ0) is 15.6. The van der Waals surface area contributed by atoms with E-state index in [1.54, 1.807) is 23.3 Å². The van der Waals surface area contributed by atoms with E-state index in [0.717, 1.165) is 15.6 Å². The quantitative estimate of drug-likeness (QED) is 0.841. The smallest absolute Gasteiger partial charge is 0.244 e. The van der Waals surface area contributed by atoms with Crippen molar-refractivity contribution in [2.24, 2.45) is 0 Å². The fraction of sp³-hybridized carbons (Fsp3) is 0.615. The molecule has 0 aliphatic heterocycles. The van der Waals surface area contributed by atoms with Gasteiger partial charge in [0.2, 0.25) is 5.91 Å². The van der Waals surface area contributed by atoms with Gasteiger partial charge in [0.05, 0.1) is 16.7 Å². The first-order valence-electron chi connectivity index (χ1n) is 6.83. The highest BCUT2D eigenvalue weighted by Crippen LogP contribution is 2.31. The van der Waals surface area contributed by atoms with Crippen molar-refractivity contribution >= 4 is 17.2 Å². The summed E-state index contributed by atoms with van der Waals surface area (Å²) in [5, 5.41) is 11.9. The van der Waals surface area contributed by atoms with E-state index in [1.165, 1.54) is 11.0 Å². The second-order valence-electron chi connectivity index (χ2n) is 5.34. The van der Waals surface area contributed by atoms with E-state index >= 15 is 0 Å². The minimum absolute atomic E-state index is 0.0148. The summed E-state index contributed by atoms with van der Waals surface area (Å²) in [7, 11) is 1.80. The average molecular weight is 308 g/mol. The summed E-state index contributed by atoms with van der Waals surface area (Å²) >= 11 is 1.68. The molecule has 1 atom stereocenters. The molecule has 2 rings (SSSR count). The molecule has 2 aromatic rings. The van der Waals surface area contributed by atoms with Crippen LogP contribution in [0.5, 0.6) is 0 Å². The van der Waals surface area contributed by atoms with Crippen molar-refractivity contribution in [3.63, 3.8) is 0 Å². The Kier molecular flexibility index (Phi) is 4.66. The number of likely N-dealkylation sites (N-methyl/N-ethyl adjacent to an activating group) is 1. The van der Waals surface area contributed by atoms with Gasteiger partial charge in [-0.25, -0.2) is 9.67 Å². The molecule has 7 nitrogen and oxygen atoms in total. The molecule has 0 fully saturated rings. The van der Waals surface area contributed by atoms with E-state index in [-0.39, 0.29) is 18.5 Å². The van der Waals surface area contributed by atoms with Crippen LogP contribution in [0, 0.1) is 6.92 Å². The number of carbonyl (C=O) groups excluding carboxylic acids is 1. The van der Waals surface area contributed by atoms with Crippen molar-refractivity contribution in [2.45, 2.75) is 46.2 Å². The zero-order valence-electron chi connectivity index (χ0n) is 12.9. The van der Waals surface area contributed by atoms with Gasteiger partial charge in [-0.05, 0) is 24.3 Å². The van der Waals surface area contributed by atoms with Crippen LogP contribution in [0.1, 0.15) is 48.3 Å². The Morgan fingerprint density at radius 2 is 2.14 bits per heavy atom. The van der Waals surface area contributed by atoms with Crippen molar-refractivity contribution in [3.8, 4) is 0 Å². The lowest BCUT2D eigenvalue weighted by Gasteiger charge is -2.24. The van der Waals surface area contributed by atoms with Gasteiger partial charge in [-0.15, -0.1) is 16.4 Å². The highest BCUT2D eigenvalue weighted by atomic mass is 32.1.